The predicted octanol–water partition coefficient (Wildman–Crippen LogP) is 0.938. The Bertz CT molecular complexity index is 400. The van der Waals surface area contributed by atoms with Gasteiger partial charge in [0.25, 0.3) is 0 Å². The van der Waals surface area contributed by atoms with Crippen molar-refractivity contribution in [3.8, 4) is 6.07 Å². The van der Waals surface area contributed by atoms with E-state index in [-0.39, 0.29) is 0 Å². The molecule has 0 aromatic rings. The molecule has 1 N–H and O–H groups in total. The van der Waals surface area contributed by atoms with Crippen LogP contribution in [0.5, 0.6) is 0 Å². The van der Waals surface area contributed by atoms with Gasteiger partial charge in [-0.3, -0.25) is 0 Å². The lowest BCUT2D eigenvalue weighted by Gasteiger charge is -2.33. The lowest BCUT2D eigenvalue weighted by atomic mass is 9.99. The summed E-state index contributed by atoms with van der Waals surface area (Å²) in [6.45, 7) is 7.53. The van der Waals surface area contributed by atoms with Crippen LogP contribution in [0.4, 0.5) is 0 Å². The van der Waals surface area contributed by atoms with Gasteiger partial charge in [0.2, 0.25) is 10.0 Å². The Morgan fingerprint density at radius 2 is 2.11 bits per heavy atom. The van der Waals surface area contributed by atoms with Crippen LogP contribution in [0, 0.1) is 17.2 Å². The molecule has 1 heterocycles. The average molecular weight is 273 g/mol. The monoisotopic (exact) mass is 273 g/mol. The summed E-state index contributed by atoms with van der Waals surface area (Å²) < 4.78 is 25.6. The fourth-order valence-corrected chi connectivity index (χ4v) is 3.50. The zero-order valence-corrected chi connectivity index (χ0v) is 12.2. The van der Waals surface area contributed by atoms with Gasteiger partial charge in [0.05, 0.1) is 6.07 Å². The van der Waals surface area contributed by atoms with Gasteiger partial charge < -0.3 is 5.32 Å². The van der Waals surface area contributed by atoms with Crippen molar-refractivity contribution in [1.29, 1.82) is 5.26 Å². The molecule has 0 aromatic carbocycles. The Labute approximate surface area is 110 Å². The lowest BCUT2D eigenvalue weighted by Crippen LogP contribution is -2.46. The number of hydrogen-bond donors (Lipinski definition) is 1. The molecule has 5 nitrogen and oxygen atoms in total. The second kappa shape index (κ2) is 6.50. The van der Waals surface area contributed by atoms with Crippen LogP contribution in [-0.4, -0.2) is 43.6 Å². The smallest absolute Gasteiger partial charge is 0.230 e. The Hall–Kier alpha value is -0.640. The minimum Gasteiger partial charge on any atom is -0.314 e. The van der Waals surface area contributed by atoms with Crippen LogP contribution in [0.3, 0.4) is 0 Å². The summed E-state index contributed by atoms with van der Waals surface area (Å²) in [6.07, 6.45) is 1.93. The quantitative estimate of drug-likeness (QED) is 0.809. The molecule has 0 spiro atoms. The number of piperidine rings is 1. The van der Waals surface area contributed by atoms with Crippen LogP contribution in [0.2, 0.25) is 0 Å². The lowest BCUT2D eigenvalue weighted by molar-refractivity contribution is 0.256. The highest BCUT2D eigenvalue weighted by molar-refractivity contribution is 7.89. The first-order valence-corrected chi connectivity index (χ1v) is 8.00. The van der Waals surface area contributed by atoms with E-state index in [9.17, 15) is 8.42 Å². The van der Waals surface area contributed by atoms with E-state index < -0.39 is 15.3 Å². The Morgan fingerprint density at radius 1 is 1.44 bits per heavy atom. The molecule has 0 aromatic heterocycles. The highest BCUT2D eigenvalue weighted by atomic mass is 32.2. The molecule has 1 saturated heterocycles. The van der Waals surface area contributed by atoms with Crippen LogP contribution in [0.1, 0.15) is 33.6 Å². The highest BCUT2D eigenvalue weighted by Gasteiger charge is 2.32. The third kappa shape index (κ3) is 3.94. The SMILES string of the molecule is CC(C)NCC1CCCN(S(=O)(=O)C(C)C#N)C1. The summed E-state index contributed by atoms with van der Waals surface area (Å²) in [5, 5.41) is 11.2. The minimum atomic E-state index is -3.44. The second-order valence-corrected chi connectivity index (χ2v) is 7.50. The zero-order chi connectivity index (χ0) is 13.8. The van der Waals surface area contributed by atoms with Crippen molar-refractivity contribution in [1.82, 2.24) is 9.62 Å². The number of rotatable bonds is 5. The molecule has 0 bridgehead atoms. The first-order valence-electron chi connectivity index (χ1n) is 6.50. The molecular formula is C12H23N3O2S. The van der Waals surface area contributed by atoms with Crippen molar-refractivity contribution in [2.24, 2.45) is 5.92 Å². The predicted molar refractivity (Wildman–Crippen MR) is 71.4 cm³/mol. The summed E-state index contributed by atoms with van der Waals surface area (Å²) in [5.74, 6) is 0.349. The van der Waals surface area contributed by atoms with E-state index in [4.69, 9.17) is 5.26 Å². The second-order valence-electron chi connectivity index (χ2n) is 5.25. The Kier molecular flexibility index (Phi) is 5.57. The zero-order valence-electron chi connectivity index (χ0n) is 11.4. The van der Waals surface area contributed by atoms with Gasteiger partial charge in [0.1, 0.15) is 0 Å². The van der Waals surface area contributed by atoms with E-state index in [1.54, 1.807) is 0 Å². The van der Waals surface area contributed by atoms with Crippen LogP contribution in [0.15, 0.2) is 0 Å². The molecule has 0 radical (unpaired) electrons. The number of nitrogens with zero attached hydrogens (tertiary/aromatic N) is 2. The van der Waals surface area contributed by atoms with E-state index >= 15 is 0 Å². The summed E-state index contributed by atoms with van der Waals surface area (Å²) in [6, 6.07) is 2.23. The van der Waals surface area contributed by atoms with E-state index in [0.29, 0.717) is 25.0 Å². The molecule has 6 heteroatoms. The molecular weight excluding hydrogens is 250 g/mol. The first kappa shape index (κ1) is 15.4. The van der Waals surface area contributed by atoms with Crippen molar-refractivity contribution in [3.63, 3.8) is 0 Å². The van der Waals surface area contributed by atoms with Crippen molar-refractivity contribution in [3.05, 3.63) is 0 Å². The van der Waals surface area contributed by atoms with E-state index in [1.807, 2.05) is 6.07 Å². The van der Waals surface area contributed by atoms with Crippen molar-refractivity contribution < 1.29 is 8.42 Å². The summed E-state index contributed by atoms with van der Waals surface area (Å²) in [4.78, 5) is 0. The third-order valence-corrected chi connectivity index (χ3v) is 5.34. The van der Waals surface area contributed by atoms with Gasteiger partial charge in [-0.05, 0) is 32.2 Å². The van der Waals surface area contributed by atoms with Gasteiger partial charge in [-0.15, -0.1) is 0 Å². The van der Waals surface area contributed by atoms with Crippen molar-refractivity contribution >= 4 is 10.0 Å². The molecule has 2 unspecified atom stereocenters. The van der Waals surface area contributed by atoms with Gasteiger partial charge in [-0.25, -0.2) is 12.7 Å². The summed E-state index contributed by atoms with van der Waals surface area (Å²) in [7, 11) is -3.44. The largest absolute Gasteiger partial charge is 0.314 e. The third-order valence-electron chi connectivity index (χ3n) is 3.28. The van der Waals surface area contributed by atoms with E-state index in [2.05, 4.69) is 19.2 Å². The standard InChI is InChI=1S/C12H23N3O2S/c1-10(2)14-8-12-5-4-6-15(9-12)18(16,17)11(3)7-13/h10-12,14H,4-6,8-9H2,1-3H3. The normalized spacial score (nSPS) is 23.8. The minimum absolute atomic E-state index is 0.349. The number of nitriles is 1. The maximum absolute atomic E-state index is 12.1. The molecule has 2 atom stereocenters. The summed E-state index contributed by atoms with van der Waals surface area (Å²) in [5.41, 5.74) is 0. The van der Waals surface area contributed by atoms with Gasteiger partial charge in [-0.1, -0.05) is 13.8 Å². The fourth-order valence-electron chi connectivity index (χ4n) is 2.12. The molecule has 1 aliphatic rings. The molecule has 0 amide bonds. The summed E-state index contributed by atoms with van der Waals surface area (Å²) >= 11 is 0. The molecule has 18 heavy (non-hydrogen) atoms. The molecule has 1 aliphatic heterocycles. The van der Waals surface area contributed by atoms with E-state index in [1.165, 1.54) is 11.2 Å². The molecule has 1 fully saturated rings. The van der Waals surface area contributed by atoms with Gasteiger partial charge in [0, 0.05) is 19.1 Å². The maximum Gasteiger partial charge on any atom is 0.230 e. The molecule has 104 valence electrons. The molecule has 0 saturated carbocycles. The van der Waals surface area contributed by atoms with E-state index in [0.717, 1.165) is 19.4 Å². The van der Waals surface area contributed by atoms with Crippen LogP contribution >= 0.6 is 0 Å². The number of sulfonamides is 1. The van der Waals surface area contributed by atoms with Gasteiger partial charge in [0.15, 0.2) is 5.25 Å². The molecule has 1 rings (SSSR count). The van der Waals surface area contributed by atoms with Crippen LogP contribution in [0.25, 0.3) is 0 Å². The van der Waals surface area contributed by atoms with Crippen LogP contribution in [-0.2, 0) is 10.0 Å². The van der Waals surface area contributed by atoms with Gasteiger partial charge >= 0.3 is 0 Å². The topological polar surface area (TPSA) is 73.2 Å². The van der Waals surface area contributed by atoms with Crippen molar-refractivity contribution in [2.75, 3.05) is 19.6 Å². The van der Waals surface area contributed by atoms with Crippen LogP contribution < -0.4 is 5.32 Å². The molecule has 0 aliphatic carbocycles. The number of hydrogen-bond acceptors (Lipinski definition) is 4. The Morgan fingerprint density at radius 3 is 2.67 bits per heavy atom. The van der Waals surface area contributed by atoms with Crippen molar-refractivity contribution in [2.45, 2.75) is 44.9 Å². The highest BCUT2D eigenvalue weighted by Crippen LogP contribution is 2.20. The Balaban J connectivity index is 2.62. The first-order chi connectivity index (χ1) is 8.37. The maximum atomic E-state index is 12.1. The van der Waals surface area contributed by atoms with Gasteiger partial charge in [-0.2, -0.15) is 5.26 Å². The number of nitrogens with one attached hydrogen (secondary N) is 1. The fraction of sp³-hybridized carbons (Fsp3) is 0.917. The average Bonchev–Trinajstić information content (AvgIpc) is 2.35.